The molecule has 0 amide bonds. The lowest BCUT2D eigenvalue weighted by atomic mass is 9.78. The topological polar surface area (TPSA) is 192 Å². The molecule has 0 aromatic heterocycles. The summed E-state index contributed by atoms with van der Waals surface area (Å²) in [6, 6.07) is 0. The van der Waals surface area contributed by atoms with Crippen LogP contribution in [0.4, 0.5) is 0 Å². The molecule has 0 aromatic carbocycles. The van der Waals surface area contributed by atoms with Crippen LogP contribution in [0, 0.1) is 11.8 Å². The molecule has 1 fully saturated rings. The van der Waals surface area contributed by atoms with E-state index in [4.69, 9.17) is 18.9 Å². The maximum atomic E-state index is 12.3. The van der Waals surface area contributed by atoms with E-state index in [9.17, 15) is 40.2 Å². The molecule has 0 aromatic rings. The quantitative estimate of drug-likeness (QED) is 0.189. The third-order valence-electron chi connectivity index (χ3n) is 6.15. The van der Waals surface area contributed by atoms with Gasteiger partial charge in [0, 0.05) is 5.92 Å². The van der Waals surface area contributed by atoms with E-state index in [0.29, 0.717) is 0 Å². The van der Waals surface area contributed by atoms with E-state index in [1.54, 1.807) is 0 Å². The van der Waals surface area contributed by atoms with Crippen molar-refractivity contribution in [3.63, 3.8) is 0 Å². The Morgan fingerprint density at radius 3 is 2.53 bits per heavy atom. The number of ether oxygens (including phenoxy) is 4. The fourth-order valence-electron chi connectivity index (χ4n) is 4.46. The van der Waals surface area contributed by atoms with Crippen molar-refractivity contribution < 1.29 is 59.2 Å². The highest BCUT2D eigenvalue weighted by Gasteiger charge is 2.59. The first kappa shape index (κ1) is 22.9. The molecule has 176 valence electrons. The van der Waals surface area contributed by atoms with Crippen LogP contribution in [0.3, 0.4) is 0 Å². The Kier molecular flexibility index (Phi) is 5.88. The van der Waals surface area contributed by atoms with Crippen LogP contribution in [0.2, 0.25) is 0 Å². The minimum absolute atomic E-state index is 0.0201. The molecule has 12 nitrogen and oxygen atoms in total. The summed E-state index contributed by atoms with van der Waals surface area (Å²) < 4.78 is 22.1. The molecule has 0 saturated carbocycles. The van der Waals surface area contributed by atoms with Gasteiger partial charge >= 0.3 is 11.9 Å². The van der Waals surface area contributed by atoms with Crippen molar-refractivity contribution in [2.45, 2.75) is 55.6 Å². The van der Waals surface area contributed by atoms with E-state index in [0.717, 1.165) is 6.26 Å². The fourth-order valence-corrected chi connectivity index (χ4v) is 4.46. The Hall–Kier alpha value is -2.32. The van der Waals surface area contributed by atoms with Gasteiger partial charge in [-0.2, -0.15) is 0 Å². The standard InChI is InChI=1S/C20H24O12/c1-7(22)9-4-20(32-17(9)28)3-2-8-10(16(26)27)6-29-18(12(8)20)31-19-15(25)14(24)13(23)11(5-21)30-19/h2-4,6-8,11-15,18-19,21-25H,5H2,1H3,(H,26,27)/t7-,8+,11+,12+,13+,14-,15+,18-,19-,20+/m1/s1. The Morgan fingerprint density at radius 1 is 1.22 bits per heavy atom. The number of aliphatic hydroxyl groups excluding tert-OH is 5. The number of rotatable bonds is 5. The molecule has 10 atom stereocenters. The molecular formula is C20H24O12. The molecule has 0 radical (unpaired) electrons. The van der Waals surface area contributed by atoms with Gasteiger partial charge in [-0.1, -0.05) is 6.08 Å². The van der Waals surface area contributed by atoms with Crippen LogP contribution in [-0.2, 0) is 28.5 Å². The predicted octanol–water partition coefficient (Wildman–Crippen LogP) is -2.47. The van der Waals surface area contributed by atoms with Crippen molar-refractivity contribution in [2.24, 2.45) is 11.8 Å². The zero-order valence-corrected chi connectivity index (χ0v) is 16.8. The van der Waals surface area contributed by atoms with Gasteiger partial charge in [0.15, 0.2) is 11.9 Å². The Morgan fingerprint density at radius 2 is 1.94 bits per heavy atom. The van der Waals surface area contributed by atoms with Gasteiger partial charge in [-0.3, -0.25) is 0 Å². The molecule has 0 unspecified atom stereocenters. The summed E-state index contributed by atoms with van der Waals surface area (Å²) in [5, 5.41) is 59.1. The number of carbonyl (C=O) groups is 2. The van der Waals surface area contributed by atoms with E-state index in [-0.39, 0.29) is 11.1 Å². The lowest BCUT2D eigenvalue weighted by molar-refractivity contribution is -0.344. The van der Waals surface area contributed by atoms with Crippen molar-refractivity contribution in [1.82, 2.24) is 0 Å². The third kappa shape index (κ3) is 3.53. The van der Waals surface area contributed by atoms with Crippen molar-refractivity contribution in [2.75, 3.05) is 6.61 Å². The first-order chi connectivity index (χ1) is 15.1. The summed E-state index contributed by atoms with van der Waals surface area (Å²) in [7, 11) is 0. The molecule has 6 N–H and O–H groups in total. The maximum Gasteiger partial charge on any atom is 0.337 e. The number of allylic oxidation sites excluding steroid dienone is 1. The molecule has 12 heteroatoms. The smallest absolute Gasteiger partial charge is 0.337 e. The zero-order valence-electron chi connectivity index (χ0n) is 16.8. The van der Waals surface area contributed by atoms with E-state index in [1.165, 1.54) is 25.2 Å². The second kappa shape index (κ2) is 8.23. The van der Waals surface area contributed by atoms with Gasteiger partial charge in [-0.15, -0.1) is 0 Å². The number of aliphatic hydroxyl groups is 5. The second-order valence-corrected chi connectivity index (χ2v) is 8.15. The number of carbonyl (C=O) groups excluding carboxylic acids is 1. The molecule has 1 spiro atoms. The maximum absolute atomic E-state index is 12.3. The van der Waals surface area contributed by atoms with Crippen molar-refractivity contribution in [3.05, 3.63) is 35.6 Å². The Bertz CT molecular complexity index is 876. The van der Waals surface area contributed by atoms with Crippen LogP contribution in [-0.4, -0.2) is 97.9 Å². The number of carboxylic acid groups (broad SMARTS) is 1. The molecule has 4 aliphatic rings. The number of esters is 1. The minimum atomic E-state index is -1.72. The van der Waals surface area contributed by atoms with Crippen LogP contribution in [0.15, 0.2) is 35.6 Å². The molecule has 3 aliphatic heterocycles. The highest BCUT2D eigenvalue weighted by molar-refractivity contribution is 5.93. The van der Waals surface area contributed by atoms with Crippen LogP contribution >= 0.6 is 0 Å². The molecule has 32 heavy (non-hydrogen) atoms. The van der Waals surface area contributed by atoms with Gasteiger partial charge in [0.25, 0.3) is 0 Å². The number of fused-ring (bicyclic) bond motifs is 2. The van der Waals surface area contributed by atoms with E-state index in [1.807, 2.05) is 0 Å². The minimum Gasteiger partial charge on any atom is -0.478 e. The summed E-state index contributed by atoms with van der Waals surface area (Å²) in [5.74, 6) is -3.86. The Balaban J connectivity index is 1.67. The van der Waals surface area contributed by atoms with Crippen molar-refractivity contribution in [3.8, 4) is 0 Å². The summed E-state index contributed by atoms with van der Waals surface area (Å²) in [6.07, 6.45) is -4.95. The normalized spacial score (nSPS) is 43.9. The summed E-state index contributed by atoms with van der Waals surface area (Å²) >= 11 is 0. The van der Waals surface area contributed by atoms with Gasteiger partial charge in [-0.05, 0) is 19.1 Å². The number of aliphatic carboxylic acids is 1. The van der Waals surface area contributed by atoms with E-state index >= 15 is 0 Å². The van der Waals surface area contributed by atoms with Gasteiger partial charge < -0.3 is 49.6 Å². The molecule has 1 saturated heterocycles. The molecule has 3 heterocycles. The highest BCUT2D eigenvalue weighted by atomic mass is 16.8. The van der Waals surface area contributed by atoms with Crippen LogP contribution in [0.25, 0.3) is 0 Å². The molecule has 4 rings (SSSR count). The van der Waals surface area contributed by atoms with Crippen molar-refractivity contribution >= 4 is 11.9 Å². The SMILES string of the molecule is C[C@@H](O)C1=C[C@]2(C=C[C@H]3C(C(=O)O)=CO[C@H](O[C@H]4O[C@@H](CO)[C@H](O)[C@@H](O)[C@@H]4O)[C@H]32)OC1=O. The fraction of sp³-hybridized carbons (Fsp3) is 0.600. The van der Waals surface area contributed by atoms with Crippen LogP contribution in [0.1, 0.15) is 6.92 Å². The molecular weight excluding hydrogens is 432 g/mol. The second-order valence-electron chi connectivity index (χ2n) is 8.15. The van der Waals surface area contributed by atoms with E-state index < -0.39 is 79.1 Å². The first-order valence-corrected chi connectivity index (χ1v) is 9.98. The first-order valence-electron chi connectivity index (χ1n) is 9.98. The average molecular weight is 456 g/mol. The molecule has 0 bridgehead atoms. The number of hydrogen-bond acceptors (Lipinski definition) is 11. The summed E-state index contributed by atoms with van der Waals surface area (Å²) in [6.45, 7) is 0.708. The van der Waals surface area contributed by atoms with Gasteiger partial charge in [-0.25, -0.2) is 9.59 Å². The number of carboxylic acids is 1. The third-order valence-corrected chi connectivity index (χ3v) is 6.15. The highest BCUT2D eigenvalue weighted by Crippen LogP contribution is 2.50. The van der Waals surface area contributed by atoms with Crippen LogP contribution in [0.5, 0.6) is 0 Å². The van der Waals surface area contributed by atoms with Gasteiger partial charge in [0.1, 0.15) is 24.4 Å². The zero-order chi connectivity index (χ0) is 23.4. The lowest BCUT2D eigenvalue weighted by Gasteiger charge is -2.44. The van der Waals surface area contributed by atoms with Gasteiger partial charge in [0.05, 0.1) is 36.0 Å². The summed E-state index contributed by atoms with van der Waals surface area (Å²) in [4.78, 5) is 24.0. The largest absolute Gasteiger partial charge is 0.478 e. The average Bonchev–Trinajstić information content (AvgIpc) is 3.28. The molecule has 1 aliphatic carbocycles. The monoisotopic (exact) mass is 456 g/mol. The lowest BCUT2D eigenvalue weighted by Crippen LogP contribution is -2.60. The number of hydrogen-bond donors (Lipinski definition) is 6. The predicted molar refractivity (Wildman–Crippen MR) is 100 cm³/mol. The van der Waals surface area contributed by atoms with Gasteiger partial charge in [0.2, 0.25) is 6.29 Å². The van der Waals surface area contributed by atoms with E-state index in [2.05, 4.69) is 0 Å². The van der Waals surface area contributed by atoms with Crippen molar-refractivity contribution in [1.29, 1.82) is 0 Å². The summed E-state index contributed by atoms with van der Waals surface area (Å²) in [5.41, 5.74) is -1.65. The van der Waals surface area contributed by atoms with Crippen LogP contribution < -0.4 is 0 Å². The Labute approximate surface area is 181 Å².